The maximum atomic E-state index is 13.4. The maximum Gasteiger partial charge on any atom is 0.131 e. The van der Waals surface area contributed by atoms with Crippen LogP contribution in [0, 0.1) is 5.82 Å². The summed E-state index contributed by atoms with van der Waals surface area (Å²) < 4.78 is 14.3. The van der Waals surface area contributed by atoms with E-state index in [1.165, 1.54) is 6.07 Å². The Hall–Kier alpha value is -1.15. The van der Waals surface area contributed by atoms with Gasteiger partial charge in [0.1, 0.15) is 5.82 Å². The third kappa shape index (κ3) is 1.70. The van der Waals surface area contributed by atoms with Crippen molar-refractivity contribution >= 4 is 15.9 Å². The Morgan fingerprint density at radius 2 is 1.36 bits per heavy atom. The zero-order valence-electron chi connectivity index (χ0n) is 7.37. The molecule has 0 atom stereocenters. The molecule has 0 aliphatic carbocycles. The molecule has 0 N–H and O–H groups in total. The molecule has 0 amide bonds. The molecule has 2 rings (SSSR count). The molecule has 0 aliphatic heterocycles. The number of halogens is 2. The van der Waals surface area contributed by atoms with Crippen LogP contribution in [0.1, 0.15) is 0 Å². The fourth-order valence-electron chi connectivity index (χ4n) is 1.36. The third-order valence-electron chi connectivity index (χ3n) is 2.04. The largest absolute Gasteiger partial charge is 0.206 e. The molecule has 0 radical (unpaired) electrons. The van der Waals surface area contributed by atoms with Gasteiger partial charge in [0, 0.05) is 10.0 Å². The van der Waals surface area contributed by atoms with Crippen LogP contribution in [0.3, 0.4) is 0 Å². The minimum Gasteiger partial charge on any atom is -0.206 e. The monoisotopic (exact) mass is 250 g/mol. The van der Waals surface area contributed by atoms with Crippen molar-refractivity contribution in [2.75, 3.05) is 0 Å². The Bertz CT molecular complexity index is 408. The van der Waals surface area contributed by atoms with Gasteiger partial charge in [-0.15, -0.1) is 0 Å². The minimum absolute atomic E-state index is 0.195. The van der Waals surface area contributed by atoms with Crippen LogP contribution < -0.4 is 0 Å². The normalized spacial score (nSPS) is 10.1. The Balaban J connectivity index is 2.61. The van der Waals surface area contributed by atoms with Crippen LogP contribution in [0.25, 0.3) is 11.1 Å². The van der Waals surface area contributed by atoms with Gasteiger partial charge < -0.3 is 0 Å². The molecule has 2 aromatic rings. The summed E-state index contributed by atoms with van der Waals surface area (Å²) in [6.07, 6.45) is 0. The van der Waals surface area contributed by atoms with Crippen LogP contribution >= 0.6 is 15.9 Å². The molecule has 0 unspecified atom stereocenters. The zero-order valence-corrected chi connectivity index (χ0v) is 8.96. The molecule has 0 aliphatic rings. The summed E-state index contributed by atoms with van der Waals surface area (Å²) in [5, 5.41) is 0. The molecular formula is C12H8BrF. The van der Waals surface area contributed by atoms with Gasteiger partial charge in [0.05, 0.1) is 0 Å². The highest BCUT2D eigenvalue weighted by molar-refractivity contribution is 9.10. The molecule has 2 heteroatoms. The first-order valence-corrected chi connectivity index (χ1v) is 5.08. The smallest absolute Gasteiger partial charge is 0.131 e. The van der Waals surface area contributed by atoms with Crippen molar-refractivity contribution in [2.45, 2.75) is 0 Å². The Morgan fingerprint density at radius 1 is 0.786 bits per heavy atom. The molecule has 70 valence electrons. The van der Waals surface area contributed by atoms with Crippen molar-refractivity contribution in [1.29, 1.82) is 0 Å². The average molecular weight is 251 g/mol. The molecule has 0 bridgehead atoms. The molecule has 0 saturated carbocycles. The number of rotatable bonds is 1. The highest BCUT2D eigenvalue weighted by atomic mass is 79.9. The number of hydrogen-bond acceptors (Lipinski definition) is 0. The van der Waals surface area contributed by atoms with Crippen molar-refractivity contribution in [3.63, 3.8) is 0 Å². The molecule has 0 spiro atoms. The summed E-state index contributed by atoms with van der Waals surface area (Å²) in [4.78, 5) is 0. The van der Waals surface area contributed by atoms with E-state index in [1.54, 1.807) is 12.1 Å². The van der Waals surface area contributed by atoms with Gasteiger partial charge in [0.25, 0.3) is 0 Å². The SMILES string of the molecule is Fc1ccccc1-c1ccccc1Br. The van der Waals surface area contributed by atoms with E-state index < -0.39 is 0 Å². The molecule has 0 nitrogen and oxygen atoms in total. The Kier molecular flexibility index (Phi) is 2.64. The van der Waals surface area contributed by atoms with Crippen LogP contribution in [0.5, 0.6) is 0 Å². The molecule has 0 saturated heterocycles. The lowest BCUT2D eigenvalue weighted by molar-refractivity contribution is 0.631. The third-order valence-corrected chi connectivity index (χ3v) is 2.73. The molecule has 2 aromatic carbocycles. The van der Waals surface area contributed by atoms with Gasteiger partial charge in [-0.1, -0.05) is 52.3 Å². The van der Waals surface area contributed by atoms with Gasteiger partial charge in [-0.05, 0) is 17.7 Å². The lowest BCUT2D eigenvalue weighted by Gasteiger charge is -2.04. The van der Waals surface area contributed by atoms with Gasteiger partial charge in [-0.3, -0.25) is 0 Å². The van der Waals surface area contributed by atoms with E-state index >= 15 is 0 Å². The van der Waals surface area contributed by atoms with Crippen molar-refractivity contribution < 1.29 is 4.39 Å². The lowest BCUT2D eigenvalue weighted by atomic mass is 10.1. The second kappa shape index (κ2) is 3.93. The number of benzene rings is 2. The summed E-state index contributed by atoms with van der Waals surface area (Å²) >= 11 is 3.40. The summed E-state index contributed by atoms with van der Waals surface area (Å²) in [5.41, 5.74) is 1.51. The zero-order chi connectivity index (χ0) is 9.97. The van der Waals surface area contributed by atoms with Gasteiger partial charge in [-0.25, -0.2) is 4.39 Å². The topological polar surface area (TPSA) is 0 Å². The van der Waals surface area contributed by atoms with E-state index in [0.717, 1.165) is 10.0 Å². The van der Waals surface area contributed by atoms with Gasteiger partial charge >= 0.3 is 0 Å². The van der Waals surface area contributed by atoms with Crippen LogP contribution in [0.15, 0.2) is 53.0 Å². The summed E-state index contributed by atoms with van der Waals surface area (Å²) in [7, 11) is 0. The molecule has 0 aromatic heterocycles. The van der Waals surface area contributed by atoms with E-state index in [9.17, 15) is 4.39 Å². The van der Waals surface area contributed by atoms with Crippen LogP contribution in [0.4, 0.5) is 4.39 Å². The summed E-state index contributed by atoms with van der Waals surface area (Å²) in [6, 6.07) is 14.4. The van der Waals surface area contributed by atoms with Gasteiger partial charge in [0.15, 0.2) is 0 Å². The summed E-state index contributed by atoms with van der Waals surface area (Å²) in [5.74, 6) is -0.195. The summed E-state index contributed by atoms with van der Waals surface area (Å²) in [6.45, 7) is 0. The van der Waals surface area contributed by atoms with E-state index in [1.807, 2.05) is 30.3 Å². The fourth-order valence-corrected chi connectivity index (χ4v) is 1.86. The van der Waals surface area contributed by atoms with Crippen LogP contribution in [0.2, 0.25) is 0 Å². The van der Waals surface area contributed by atoms with E-state index in [4.69, 9.17) is 0 Å². The first kappa shape index (κ1) is 9.41. The van der Waals surface area contributed by atoms with Crippen LogP contribution in [-0.2, 0) is 0 Å². The van der Waals surface area contributed by atoms with Crippen molar-refractivity contribution in [3.05, 3.63) is 58.8 Å². The Labute approximate surface area is 90.5 Å². The average Bonchev–Trinajstić information content (AvgIpc) is 2.20. The molecule has 0 heterocycles. The molecule has 0 fully saturated rings. The van der Waals surface area contributed by atoms with Crippen molar-refractivity contribution in [3.8, 4) is 11.1 Å². The molecular weight excluding hydrogens is 243 g/mol. The quantitative estimate of drug-likeness (QED) is 0.710. The predicted molar refractivity (Wildman–Crippen MR) is 59.5 cm³/mol. The maximum absolute atomic E-state index is 13.4. The highest BCUT2D eigenvalue weighted by Crippen LogP contribution is 2.29. The van der Waals surface area contributed by atoms with E-state index in [2.05, 4.69) is 15.9 Å². The number of hydrogen-bond donors (Lipinski definition) is 0. The second-order valence-corrected chi connectivity index (χ2v) is 3.81. The fraction of sp³-hybridized carbons (Fsp3) is 0. The standard InChI is InChI=1S/C12H8BrF/c13-11-7-3-1-5-9(11)10-6-2-4-8-12(10)14/h1-8H. The van der Waals surface area contributed by atoms with Crippen molar-refractivity contribution in [2.24, 2.45) is 0 Å². The van der Waals surface area contributed by atoms with Gasteiger partial charge in [-0.2, -0.15) is 0 Å². The second-order valence-electron chi connectivity index (χ2n) is 2.96. The highest BCUT2D eigenvalue weighted by Gasteiger charge is 2.05. The Morgan fingerprint density at radius 3 is 2.00 bits per heavy atom. The van der Waals surface area contributed by atoms with Crippen molar-refractivity contribution in [1.82, 2.24) is 0 Å². The lowest BCUT2D eigenvalue weighted by Crippen LogP contribution is -1.83. The molecule has 14 heavy (non-hydrogen) atoms. The van der Waals surface area contributed by atoms with Crippen LogP contribution in [-0.4, -0.2) is 0 Å². The van der Waals surface area contributed by atoms with E-state index in [-0.39, 0.29) is 5.82 Å². The van der Waals surface area contributed by atoms with E-state index in [0.29, 0.717) is 5.56 Å². The first-order chi connectivity index (χ1) is 6.79. The predicted octanol–water partition coefficient (Wildman–Crippen LogP) is 4.26. The minimum atomic E-state index is -0.195. The van der Waals surface area contributed by atoms with Gasteiger partial charge in [0.2, 0.25) is 0 Å². The first-order valence-electron chi connectivity index (χ1n) is 4.28.